The lowest BCUT2D eigenvalue weighted by Gasteiger charge is -2.20. The predicted octanol–water partition coefficient (Wildman–Crippen LogP) is 16.9. The second-order valence-corrected chi connectivity index (χ2v) is 23.9. The monoisotopic (exact) mass is 1290 g/mol. The Morgan fingerprint density at radius 1 is 0.576 bits per heavy atom. The van der Waals surface area contributed by atoms with Crippen LogP contribution >= 0.6 is 22.9 Å². The molecule has 0 bridgehead atoms. The van der Waals surface area contributed by atoms with E-state index in [2.05, 4.69) is 18.2 Å². The van der Waals surface area contributed by atoms with Crippen LogP contribution in [-0.2, 0) is 23.9 Å². The van der Waals surface area contributed by atoms with E-state index in [1.54, 1.807) is 79.7 Å². The van der Waals surface area contributed by atoms with Crippen molar-refractivity contribution < 1.29 is 77.0 Å². The minimum Gasteiger partial charge on any atom is -0.485 e. The molecular weight excluding hydrogens is 1220 g/mol. The molecule has 6 aromatic rings. The van der Waals surface area contributed by atoms with Crippen LogP contribution in [-0.4, -0.2) is 88.6 Å². The maximum Gasteiger partial charge on any atom is 0.344 e. The van der Waals surface area contributed by atoms with Gasteiger partial charge in [-0.05, 0) is 218 Å². The van der Waals surface area contributed by atoms with Crippen LogP contribution in [0.2, 0.25) is 5.02 Å². The zero-order valence-electron chi connectivity index (χ0n) is 51.7. The molecule has 4 unspecified atom stereocenters. The Morgan fingerprint density at radius 3 is 1.59 bits per heavy atom. The molecule has 484 valence electrons. The minimum absolute atomic E-state index is 0.179. The number of esters is 1. The molecule has 9 rings (SSSR count). The van der Waals surface area contributed by atoms with Gasteiger partial charge >= 0.3 is 23.9 Å². The van der Waals surface area contributed by atoms with Gasteiger partial charge in [0.15, 0.2) is 30.7 Å². The molecule has 0 fully saturated rings. The third-order valence-corrected chi connectivity index (χ3v) is 16.9. The third kappa shape index (κ3) is 22.5. The van der Waals surface area contributed by atoms with E-state index >= 15 is 0 Å². The van der Waals surface area contributed by atoms with Crippen LogP contribution in [0.4, 0.5) is 4.39 Å². The Bertz CT molecular complexity index is 3590. The van der Waals surface area contributed by atoms with Crippen LogP contribution in [0.5, 0.6) is 23.0 Å². The lowest BCUT2D eigenvalue weighted by atomic mass is 9.95. The van der Waals surface area contributed by atoms with Gasteiger partial charge in [-0.25, -0.2) is 18.8 Å². The quantitative estimate of drug-likeness (QED) is 0.0172. The molecule has 0 radical (unpaired) electrons. The number of methoxy groups -OCH3 is 1. The van der Waals surface area contributed by atoms with Gasteiger partial charge in [0.1, 0.15) is 28.8 Å². The fraction of sp³-hybridized carbons (Fsp3) is 0.338. The fourth-order valence-corrected chi connectivity index (χ4v) is 11.5. The van der Waals surface area contributed by atoms with E-state index in [1.165, 1.54) is 90.8 Å². The van der Waals surface area contributed by atoms with E-state index in [-0.39, 0.29) is 57.9 Å². The standard InChI is InChI=1S/C29H32O6.C24H25FO5.C21H21ClO4S/c1-20(29(33)34-2)23-15-18-26(24(19-23)25(30)16-13-21-9-5-3-6-10-21)35-27(28(31)32)17-14-22-11-7-4-8-12-22;25-18-11-13-19(14-12-18)29-16-21(26)20-8-4-5-9-22(20)30-23(24(27)28)15-10-17-6-2-1-3-7-17;22-15-9-11-17(16(13-15)20(23)19-7-4-12-27-19)26-18(21(24)25)10-8-14-5-2-1-3-6-14/h3,5-6,9-11,13,15-16,18-20,27H,4,7-8,12,14,17H2,1-2H3,(H,31,32);4-6,8-9,11-14,23H,1-3,7,10,15-16H2,(H,27,28);4-5,7,9,11-13,18H,1-3,6,8,10H2,(H,24,25)/b16-13+;;. The van der Waals surface area contributed by atoms with Crippen LogP contribution in [0, 0.1) is 5.82 Å². The van der Waals surface area contributed by atoms with Gasteiger partial charge in [-0.1, -0.05) is 107 Å². The number of carboxylic acids is 3. The molecule has 0 spiro atoms. The van der Waals surface area contributed by atoms with E-state index in [9.17, 15) is 53.3 Å². The van der Waals surface area contributed by atoms with Crippen molar-refractivity contribution in [1.82, 2.24) is 0 Å². The average molecular weight is 1290 g/mol. The predicted molar refractivity (Wildman–Crippen MR) is 352 cm³/mol. The molecule has 0 aliphatic heterocycles. The minimum atomic E-state index is -1.09. The molecule has 18 heteroatoms. The number of ketones is 3. The number of halogens is 2. The summed E-state index contributed by atoms with van der Waals surface area (Å²) in [4.78, 5) is 86.5. The second-order valence-electron chi connectivity index (χ2n) is 22.5. The zero-order valence-corrected chi connectivity index (χ0v) is 53.3. The van der Waals surface area contributed by atoms with Crippen LogP contribution in [0.15, 0.2) is 174 Å². The maximum absolute atomic E-state index is 13.2. The lowest BCUT2D eigenvalue weighted by Crippen LogP contribution is -2.28. The van der Waals surface area contributed by atoms with E-state index in [4.69, 9.17) is 35.3 Å². The Balaban J connectivity index is 0.000000197. The highest BCUT2D eigenvalue weighted by molar-refractivity contribution is 7.12. The van der Waals surface area contributed by atoms with Gasteiger partial charge in [-0.3, -0.25) is 19.2 Å². The summed E-state index contributed by atoms with van der Waals surface area (Å²) in [5.41, 5.74) is 6.00. The number of para-hydroxylation sites is 1. The van der Waals surface area contributed by atoms with Crippen LogP contribution in [0.3, 0.4) is 0 Å². The van der Waals surface area contributed by atoms with E-state index in [0.29, 0.717) is 59.7 Å². The number of carbonyl (C=O) groups is 7. The first-order valence-electron chi connectivity index (χ1n) is 31.1. The number of Topliss-reactive ketones (excluding diaryl/α,β-unsaturated/α-hetero) is 1. The van der Waals surface area contributed by atoms with Crippen LogP contribution in [0.1, 0.15) is 175 Å². The van der Waals surface area contributed by atoms with Gasteiger partial charge in [0, 0.05) is 5.02 Å². The molecule has 3 N–H and O–H groups in total. The number of rotatable bonds is 29. The molecule has 1 heterocycles. The summed E-state index contributed by atoms with van der Waals surface area (Å²) in [6.45, 7) is 1.42. The Kier molecular flexibility index (Phi) is 28.2. The van der Waals surface area contributed by atoms with Gasteiger partial charge < -0.3 is 39.0 Å². The van der Waals surface area contributed by atoms with Gasteiger partial charge in [-0.15, -0.1) is 11.3 Å². The van der Waals surface area contributed by atoms with Crippen molar-refractivity contribution in [3.8, 4) is 23.0 Å². The molecule has 5 aromatic carbocycles. The highest BCUT2D eigenvalue weighted by Gasteiger charge is 2.28. The van der Waals surface area contributed by atoms with Gasteiger partial charge in [0.25, 0.3) is 0 Å². The zero-order chi connectivity index (χ0) is 65.8. The number of carbonyl (C=O) groups excluding carboxylic acids is 4. The molecule has 3 aliphatic carbocycles. The van der Waals surface area contributed by atoms with Crippen molar-refractivity contribution in [2.75, 3.05) is 13.7 Å². The summed E-state index contributed by atoms with van der Waals surface area (Å²) in [5.74, 6) is -4.48. The van der Waals surface area contributed by atoms with Gasteiger partial charge in [0.05, 0.1) is 34.6 Å². The highest BCUT2D eigenvalue weighted by atomic mass is 35.5. The summed E-state index contributed by atoms with van der Waals surface area (Å²) in [7, 11) is 1.31. The average Bonchev–Trinajstić information content (AvgIpc) is 1.22. The molecule has 0 saturated carbocycles. The van der Waals surface area contributed by atoms with E-state index < -0.39 is 53.9 Å². The van der Waals surface area contributed by atoms with Crippen molar-refractivity contribution >= 4 is 70.2 Å². The van der Waals surface area contributed by atoms with Crippen LogP contribution < -0.4 is 18.9 Å². The molecule has 4 atom stereocenters. The first-order valence-corrected chi connectivity index (χ1v) is 32.3. The molecule has 3 aliphatic rings. The first-order chi connectivity index (χ1) is 44.5. The van der Waals surface area contributed by atoms with E-state index in [0.717, 1.165) is 63.4 Å². The number of ether oxygens (including phenoxy) is 5. The number of allylic oxidation sites excluding steroid dienone is 7. The van der Waals surface area contributed by atoms with Gasteiger partial charge in [0.2, 0.25) is 11.6 Å². The van der Waals surface area contributed by atoms with Crippen molar-refractivity contribution in [1.29, 1.82) is 0 Å². The molecule has 15 nitrogen and oxygen atoms in total. The van der Waals surface area contributed by atoms with E-state index in [1.807, 2.05) is 35.7 Å². The van der Waals surface area contributed by atoms with Gasteiger partial charge in [-0.2, -0.15) is 0 Å². The summed E-state index contributed by atoms with van der Waals surface area (Å²) < 4.78 is 40.6. The van der Waals surface area contributed by atoms with Crippen molar-refractivity contribution in [2.45, 2.75) is 147 Å². The topological polar surface area (TPSA) is 226 Å². The number of carboxylic acid groups (broad SMARTS) is 3. The van der Waals surface area contributed by atoms with Crippen molar-refractivity contribution in [2.24, 2.45) is 0 Å². The summed E-state index contributed by atoms with van der Waals surface area (Å²) in [6.07, 6.45) is 22.7. The molecule has 0 saturated heterocycles. The molecule has 92 heavy (non-hydrogen) atoms. The van der Waals surface area contributed by atoms with Crippen molar-refractivity contribution in [3.63, 3.8) is 0 Å². The number of aliphatic carboxylic acids is 3. The second kappa shape index (κ2) is 36.8. The lowest BCUT2D eigenvalue weighted by molar-refractivity contribution is -0.146. The normalized spacial score (nSPS) is 14.9. The van der Waals surface area contributed by atoms with Crippen molar-refractivity contribution in [3.05, 3.63) is 217 Å². The highest BCUT2D eigenvalue weighted by Crippen LogP contribution is 2.33. The summed E-state index contributed by atoms with van der Waals surface area (Å²) >= 11 is 7.38. The Hall–Kier alpha value is -8.93. The number of hydrogen-bond acceptors (Lipinski definition) is 13. The molecule has 0 amide bonds. The number of thiophene rings is 1. The summed E-state index contributed by atoms with van der Waals surface area (Å²) in [5, 5.41) is 31.2. The number of benzene rings is 5. The fourth-order valence-electron chi connectivity index (χ4n) is 10.6. The SMILES string of the molecule is COC(=O)C(C)c1ccc(OC(CCC2=CCCCC2)C(=O)O)c(C(=O)/C=C/c2ccccc2)c1.O=C(COc1ccc(F)cc1)c1ccccc1OC(CCC1=CCCCC1)C(=O)O.O=C(c1cccs1)c1cc(Cl)ccc1OC(CCC1=CCCCC1)C(=O)O. The molecular formula is C74H78ClFO15S. The first kappa shape index (κ1) is 70.5. The summed E-state index contributed by atoms with van der Waals surface area (Å²) in [6, 6.07) is 34.3. The maximum atomic E-state index is 13.2. The number of hydrogen-bond donors (Lipinski definition) is 3. The largest absolute Gasteiger partial charge is 0.485 e. The van der Waals surface area contributed by atoms with Crippen LogP contribution in [0.25, 0.3) is 6.08 Å². The molecule has 1 aromatic heterocycles. The smallest absolute Gasteiger partial charge is 0.344 e. The Morgan fingerprint density at radius 2 is 1.09 bits per heavy atom. The third-order valence-electron chi connectivity index (χ3n) is 15.8. The Labute approximate surface area is 545 Å².